The molecule has 0 spiro atoms. The summed E-state index contributed by atoms with van der Waals surface area (Å²) in [6, 6.07) is 0. The van der Waals surface area contributed by atoms with E-state index in [0.29, 0.717) is 19.5 Å². The van der Waals surface area contributed by atoms with Crippen LogP contribution in [0, 0.1) is 5.41 Å². The van der Waals surface area contributed by atoms with Crippen LogP contribution in [0.15, 0.2) is 0 Å². The summed E-state index contributed by atoms with van der Waals surface area (Å²) in [5, 5.41) is 2.74. The fraction of sp³-hybridized carbons (Fsp3) is 0.833. The van der Waals surface area contributed by atoms with Crippen LogP contribution in [0.4, 0.5) is 0 Å². The van der Waals surface area contributed by atoms with E-state index in [0.717, 1.165) is 6.42 Å². The van der Waals surface area contributed by atoms with Crippen molar-refractivity contribution in [3.05, 3.63) is 0 Å². The molecule has 0 aromatic carbocycles. The molecule has 0 aromatic rings. The van der Waals surface area contributed by atoms with E-state index < -0.39 is 5.41 Å². The van der Waals surface area contributed by atoms with Gasteiger partial charge < -0.3 is 16.0 Å². The van der Waals surface area contributed by atoms with Gasteiger partial charge in [-0.25, -0.2) is 0 Å². The number of nitrogens with two attached hydrogens (primary N) is 1. The predicted molar refractivity (Wildman–Crippen MR) is 68.4 cm³/mol. The first-order valence-electron chi connectivity index (χ1n) is 6.13. The maximum atomic E-state index is 12.1. The molecule has 0 aliphatic carbocycles. The van der Waals surface area contributed by atoms with Crippen LogP contribution in [0.3, 0.4) is 0 Å². The Morgan fingerprint density at radius 3 is 2.35 bits per heavy atom. The molecule has 1 atom stereocenters. The summed E-state index contributed by atoms with van der Waals surface area (Å²) in [5.74, 6) is -0.202. The van der Waals surface area contributed by atoms with E-state index in [1.165, 1.54) is 4.90 Å². The van der Waals surface area contributed by atoms with Crippen LogP contribution in [-0.2, 0) is 9.59 Å². The van der Waals surface area contributed by atoms with Crippen LogP contribution in [0.2, 0.25) is 0 Å². The van der Waals surface area contributed by atoms with Crippen molar-refractivity contribution in [1.82, 2.24) is 10.2 Å². The van der Waals surface area contributed by atoms with Crippen LogP contribution in [0.5, 0.6) is 0 Å². The van der Waals surface area contributed by atoms with Crippen molar-refractivity contribution in [3.8, 4) is 0 Å². The first-order valence-corrected chi connectivity index (χ1v) is 6.13. The highest BCUT2D eigenvalue weighted by Crippen LogP contribution is 2.21. The van der Waals surface area contributed by atoms with Crippen molar-refractivity contribution in [2.45, 2.75) is 33.6 Å². The van der Waals surface area contributed by atoms with Gasteiger partial charge in [-0.2, -0.15) is 0 Å². The summed E-state index contributed by atoms with van der Waals surface area (Å²) in [5.41, 5.74) is 5.05. The van der Waals surface area contributed by atoms with Crippen molar-refractivity contribution < 1.29 is 9.59 Å². The van der Waals surface area contributed by atoms with Crippen molar-refractivity contribution in [2.75, 3.05) is 26.7 Å². The minimum Gasteiger partial charge on any atom is -0.355 e. The Bertz CT molecular complexity index is 262. The SMILES string of the molecule is CCCNC(=O)CN(C)C(=O)C(C)(CC)CN. The lowest BCUT2D eigenvalue weighted by Gasteiger charge is -2.30. The molecule has 0 rings (SSSR count). The third kappa shape index (κ3) is 4.73. The first kappa shape index (κ1) is 15.9. The molecule has 0 bridgehead atoms. The highest BCUT2D eigenvalue weighted by Gasteiger charge is 2.32. The normalized spacial score (nSPS) is 13.9. The Labute approximate surface area is 104 Å². The number of rotatable bonds is 7. The topological polar surface area (TPSA) is 75.4 Å². The molecule has 5 heteroatoms. The van der Waals surface area contributed by atoms with E-state index in [9.17, 15) is 9.59 Å². The molecule has 0 aliphatic heterocycles. The summed E-state index contributed by atoms with van der Waals surface area (Å²) in [4.78, 5) is 25.0. The molecule has 0 fully saturated rings. The maximum absolute atomic E-state index is 12.1. The molecular formula is C12H25N3O2. The highest BCUT2D eigenvalue weighted by molar-refractivity contribution is 5.87. The van der Waals surface area contributed by atoms with Gasteiger partial charge in [0.2, 0.25) is 11.8 Å². The number of likely N-dealkylation sites (N-methyl/N-ethyl adjacent to an activating group) is 1. The largest absolute Gasteiger partial charge is 0.355 e. The average Bonchev–Trinajstić information content (AvgIpc) is 2.34. The number of hydrogen-bond donors (Lipinski definition) is 2. The number of amides is 2. The van der Waals surface area contributed by atoms with Gasteiger partial charge in [0, 0.05) is 20.1 Å². The molecule has 1 unspecified atom stereocenters. The van der Waals surface area contributed by atoms with Crippen LogP contribution in [-0.4, -0.2) is 43.4 Å². The van der Waals surface area contributed by atoms with E-state index in [4.69, 9.17) is 5.73 Å². The quantitative estimate of drug-likeness (QED) is 0.677. The van der Waals surface area contributed by atoms with Crippen LogP contribution in [0.1, 0.15) is 33.6 Å². The van der Waals surface area contributed by atoms with Gasteiger partial charge in [0.15, 0.2) is 0 Å². The summed E-state index contributed by atoms with van der Waals surface area (Å²) >= 11 is 0. The molecular weight excluding hydrogens is 218 g/mol. The van der Waals surface area contributed by atoms with Gasteiger partial charge in [0.05, 0.1) is 12.0 Å². The van der Waals surface area contributed by atoms with Crippen molar-refractivity contribution >= 4 is 11.8 Å². The molecule has 0 saturated heterocycles. The van der Waals surface area contributed by atoms with Gasteiger partial charge in [-0.15, -0.1) is 0 Å². The van der Waals surface area contributed by atoms with E-state index >= 15 is 0 Å². The van der Waals surface area contributed by atoms with Gasteiger partial charge in [0.1, 0.15) is 0 Å². The molecule has 17 heavy (non-hydrogen) atoms. The fourth-order valence-electron chi connectivity index (χ4n) is 1.45. The molecule has 0 aliphatic rings. The lowest BCUT2D eigenvalue weighted by molar-refractivity contribution is -0.142. The van der Waals surface area contributed by atoms with Crippen LogP contribution in [0.25, 0.3) is 0 Å². The Morgan fingerprint density at radius 1 is 1.35 bits per heavy atom. The van der Waals surface area contributed by atoms with E-state index in [-0.39, 0.29) is 18.4 Å². The zero-order valence-electron chi connectivity index (χ0n) is 11.4. The summed E-state index contributed by atoms with van der Waals surface area (Å²) < 4.78 is 0. The molecule has 100 valence electrons. The zero-order valence-corrected chi connectivity index (χ0v) is 11.4. The number of nitrogens with zero attached hydrogens (tertiary/aromatic N) is 1. The van der Waals surface area contributed by atoms with Crippen molar-refractivity contribution in [1.29, 1.82) is 0 Å². The van der Waals surface area contributed by atoms with Gasteiger partial charge in [-0.05, 0) is 19.8 Å². The second-order valence-corrected chi connectivity index (χ2v) is 4.63. The molecule has 2 amide bonds. The molecule has 0 aromatic heterocycles. The zero-order chi connectivity index (χ0) is 13.5. The number of carbonyl (C=O) groups is 2. The molecule has 5 nitrogen and oxygen atoms in total. The standard InChI is InChI=1S/C12H25N3O2/c1-5-7-14-10(16)8-15(4)11(17)12(3,6-2)9-13/h5-9,13H2,1-4H3,(H,14,16). The summed E-state index contributed by atoms with van der Waals surface area (Å²) in [6.07, 6.45) is 1.56. The third-order valence-corrected chi connectivity index (χ3v) is 3.05. The lowest BCUT2D eigenvalue weighted by Crippen LogP contribution is -2.47. The average molecular weight is 243 g/mol. The molecule has 3 N–H and O–H groups in total. The van der Waals surface area contributed by atoms with Gasteiger partial charge >= 0.3 is 0 Å². The molecule has 0 saturated carbocycles. The lowest BCUT2D eigenvalue weighted by atomic mass is 9.86. The Morgan fingerprint density at radius 2 is 1.94 bits per heavy atom. The van der Waals surface area contributed by atoms with Gasteiger partial charge in [-0.1, -0.05) is 13.8 Å². The first-order chi connectivity index (χ1) is 7.91. The van der Waals surface area contributed by atoms with Crippen molar-refractivity contribution in [3.63, 3.8) is 0 Å². The van der Waals surface area contributed by atoms with Crippen LogP contribution >= 0.6 is 0 Å². The number of hydrogen-bond acceptors (Lipinski definition) is 3. The van der Waals surface area contributed by atoms with Gasteiger partial charge in [0.25, 0.3) is 0 Å². The second kappa shape index (κ2) is 7.27. The third-order valence-electron chi connectivity index (χ3n) is 3.05. The van der Waals surface area contributed by atoms with Crippen LogP contribution < -0.4 is 11.1 Å². The minimum atomic E-state index is -0.570. The Balaban J connectivity index is 4.35. The second-order valence-electron chi connectivity index (χ2n) is 4.63. The monoisotopic (exact) mass is 243 g/mol. The summed E-state index contributed by atoms with van der Waals surface area (Å²) in [7, 11) is 1.64. The molecule has 0 heterocycles. The number of carbonyl (C=O) groups excluding carboxylic acids is 2. The van der Waals surface area contributed by atoms with Gasteiger partial charge in [-0.3, -0.25) is 9.59 Å². The van der Waals surface area contributed by atoms with E-state index in [1.807, 2.05) is 20.8 Å². The Hall–Kier alpha value is -1.10. The van der Waals surface area contributed by atoms with Crippen molar-refractivity contribution in [2.24, 2.45) is 11.1 Å². The maximum Gasteiger partial charge on any atom is 0.239 e. The Kier molecular flexibility index (Phi) is 6.80. The molecule has 0 radical (unpaired) electrons. The predicted octanol–water partition coefficient (Wildman–Crippen LogP) is 0.346. The fourth-order valence-corrected chi connectivity index (χ4v) is 1.45. The smallest absolute Gasteiger partial charge is 0.239 e. The summed E-state index contributed by atoms with van der Waals surface area (Å²) in [6.45, 7) is 6.77. The van der Waals surface area contributed by atoms with E-state index in [1.54, 1.807) is 7.05 Å². The van der Waals surface area contributed by atoms with E-state index in [2.05, 4.69) is 5.32 Å². The minimum absolute atomic E-state index is 0.0749. The number of nitrogens with one attached hydrogen (secondary N) is 1. The highest BCUT2D eigenvalue weighted by atomic mass is 16.2.